The third kappa shape index (κ3) is 3.00. The van der Waals surface area contributed by atoms with Crippen molar-refractivity contribution in [3.63, 3.8) is 0 Å². The van der Waals surface area contributed by atoms with Gasteiger partial charge in [0.25, 0.3) is 0 Å². The van der Waals surface area contributed by atoms with Crippen molar-refractivity contribution in [1.29, 1.82) is 0 Å². The molecule has 0 nitrogen and oxygen atoms in total. The fraction of sp³-hybridized carbons (Fsp3) is 1.00. The Morgan fingerprint density at radius 2 is 1.17 bits per heavy atom. The van der Waals surface area contributed by atoms with Gasteiger partial charge >= 0.3 is 0 Å². The van der Waals surface area contributed by atoms with Gasteiger partial charge in [0, 0.05) is 0 Å². The first-order chi connectivity index (χ1) is 5.28. The summed E-state index contributed by atoms with van der Waals surface area (Å²) in [6.45, 7) is 14.0. The van der Waals surface area contributed by atoms with Gasteiger partial charge in [-0.3, -0.25) is 0 Å². The summed E-state index contributed by atoms with van der Waals surface area (Å²) >= 11 is 3.91. The van der Waals surface area contributed by atoms with Gasteiger partial charge in [-0.1, -0.05) is 57.0 Å². The van der Waals surface area contributed by atoms with Crippen LogP contribution in [-0.2, 0) is 0 Å². The van der Waals surface area contributed by atoms with Crippen molar-refractivity contribution >= 4 is 22.1 Å². The highest BCUT2D eigenvalue weighted by Gasteiger charge is 2.36. The molecule has 0 radical (unpaired) electrons. The molecule has 0 unspecified atom stereocenters. The Labute approximate surface area is 87.0 Å². The predicted molar refractivity (Wildman–Crippen MR) is 64.6 cm³/mol. The first-order valence-corrected chi connectivity index (χ1v) is 8.10. The highest BCUT2D eigenvalue weighted by Crippen LogP contribution is 2.67. The average Bonchev–Trinajstić information content (AvgIpc) is 2.03. The maximum Gasteiger partial charge on any atom is -0.00508 e. The molecule has 0 amide bonds. The van der Waals surface area contributed by atoms with Crippen molar-refractivity contribution in [3.05, 3.63) is 0 Å². The second-order valence-corrected chi connectivity index (χ2v) is 9.72. The minimum atomic E-state index is -0.0548. The lowest BCUT2D eigenvalue weighted by atomic mass is 10.1. The second kappa shape index (κ2) is 4.42. The van der Waals surface area contributed by atoms with Crippen LogP contribution in [0, 0.1) is 0 Å². The van der Waals surface area contributed by atoms with E-state index in [9.17, 15) is 0 Å². The summed E-state index contributed by atoms with van der Waals surface area (Å²) in [5.74, 6) is 0. The lowest BCUT2D eigenvalue weighted by molar-refractivity contribution is 0.615. The van der Waals surface area contributed by atoms with Crippen LogP contribution in [0.15, 0.2) is 0 Å². The van der Waals surface area contributed by atoms with Gasteiger partial charge in [0.05, 0.1) is 0 Å². The van der Waals surface area contributed by atoms with E-state index >= 15 is 0 Å². The van der Waals surface area contributed by atoms with E-state index in [2.05, 4.69) is 57.0 Å². The van der Waals surface area contributed by atoms with Crippen LogP contribution in [0.2, 0.25) is 0 Å². The molecule has 0 atom stereocenters. The molecule has 0 spiro atoms. The van der Waals surface area contributed by atoms with Gasteiger partial charge in [-0.05, 0) is 29.8 Å². The minimum absolute atomic E-state index is 0.0548. The van der Waals surface area contributed by atoms with Crippen molar-refractivity contribution in [2.24, 2.45) is 0 Å². The molecular weight excluding hydrogens is 231 g/mol. The maximum absolute atomic E-state index is 3.91. The van der Waals surface area contributed by atoms with Gasteiger partial charge in [-0.25, -0.2) is 0 Å². The Morgan fingerprint density at radius 3 is 1.33 bits per heavy atom. The molecule has 74 valence electrons. The van der Waals surface area contributed by atoms with Crippen molar-refractivity contribution in [2.75, 3.05) is 0 Å². The molecule has 0 saturated heterocycles. The molecule has 0 fully saturated rings. The first-order valence-electron chi connectivity index (χ1n) is 4.74. The molecule has 2 heteroatoms. The highest BCUT2D eigenvalue weighted by molar-refractivity contribution is 9.39. The Hall–Kier alpha value is 0.910. The summed E-state index contributed by atoms with van der Waals surface area (Å²) in [7, 11) is 0. The fourth-order valence-electron chi connectivity index (χ4n) is 1.10. The lowest BCUT2D eigenvalue weighted by Crippen LogP contribution is -2.26. The van der Waals surface area contributed by atoms with Gasteiger partial charge in [0.1, 0.15) is 0 Å². The molecule has 0 saturated carbocycles. The summed E-state index contributed by atoms with van der Waals surface area (Å²) in [6.07, 6.45) is 2.51. The molecule has 0 aliphatic rings. The van der Waals surface area contributed by atoms with Gasteiger partial charge < -0.3 is 0 Å². The summed E-state index contributed by atoms with van der Waals surface area (Å²) in [4.78, 5) is 0. The predicted octanol–water partition coefficient (Wildman–Crippen LogP) is 5.16. The SMILES string of the molecule is CCC(C)(C)P(Br)C(C)(C)CC. The molecule has 0 aromatic rings. The zero-order valence-corrected chi connectivity index (χ0v) is 11.7. The molecule has 0 bridgehead atoms. The van der Waals surface area contributed by atoms with Crippen molar-refractivity contribution in [3.8, 4) is 0 Å². The second-order valence-electron chi connectivity index (χ2n) is 4.61. The average molecular weight is 253 g/mol. The molecule has 0 aromatic heterocycles. The summed E-state index contributed by atoms with van der Waals surface area (Å²) in [5, 5.41) is 0.934. The Balaban J connectivity index is 4.47. The monoisotopic (exact) mass is 252 g/mol. The van der Waals surface area contributed by atoms with Crippen molar-refractivity contribution in [2.45, 2.75) is 64.7 Å². The van der Waals surface area contributed by atoms with E-state index in [1.165, 1.54) is 12.8 Å². The van der Waals surface area contributed by atoms with E-state index in [1.54, 1.807) is 0 Å². The quantitative estimate of drug-likeness (QED) is 0.607. The summed E-state index contributed by atoms with van der Waals surface area (Å²) < 4.78 is 0. The number of halogens is 1. The minimum Gasteiger partial charge on any atom is -0.0645 e. The highest BCUT2D eigenvalue weighted by atomic mass is 79.9. The number of rotatable bonds is 4. The van der Waals surface area contributed by atoms with Crippen LogP contribution in [0.5, 0.6) is 0 Å². The largest absolute Gasteiger partial charge is 0.0645 e. The molecular formula is C10H22BrP. The maximum atomic E-state index is 3.91. The van der Waals surface area contributed by atoms with E-state index in [0.29, 0.717) is 10.3 Å². The van der Waals surface area contributed by atoms with Crippen LogP contribution in [0.1, 0.15) is 54.4 Å². The zero-order chi connectivity index (χ0) is 9.99. The summed E-state index contributed by atoms with van der Waals surface area (Å²) in [6, 6.07) is 0. The van der Waals surface area contributed by atoms with Gasteiger partial charge in [0.2, 0.25) is 0 Å². The molecule has 0 aromatic carbocycles. The Kier molecular flexibility index (Phi) is 4.75. The third-order valence-corrected chi connectivity index (χ3v) is 11.3. The lowest BCUT2D eigenvalue weighted by Gasteiger charge is -2.40. The van der Waals surface area contributed by atoms with Crippen LogP contribution in [-0.4, -0.2) is 10.3 Å². The van der Waals surface area contributed by atoms with E-state index in [4.69, 9.17) is 0 Å². The standard InChI is InChI=1S/C10H22BrP/c1-7-9(3,4)12(11)10(5,6)8-2/h7-8H2,1-6H3. The van der Waals surface area contributed by atoms with Crippen LogP contribution in [0.4, 0.5) is 0 Å². The first kappa shape index (κ1) is 12.9. The molecule has 0 rings (SSSR count). The molecule has 0 N–H and O–H groups in total. The number of hydrogen-bond donors (Lipinski definition) is 0. The number of hydrogen-bond acceptors (Lipinski definition) is 0. The van der Waals surface area contributed by atoms with Gasteiger partial charge in [-0.15, -0.1) is 0 Å². The van der Waals surface area contributed by atoms with Crippen molar-refractivity contribution in [1.82, 2.24) is 0 Å². The topological polar surface area (TPSA) is 0 Å². The third-order valence-electron chi connectivity index (χ3n) is 2.79. The van der Waals surface area contributed by atoms with Gasteiger partial charge in [-0.2, -0.15) is 0 Å². The Bertz CT molecular complexity index is 125. The van der Waals surface area contributed by atoms with Gasteiger partial charge in [0.15, 0.2) is 0 Å². The van der Waals surface area contributed by atoms with Crippen LogP contribution >= 0.6 is 22.1 Å². The zero-order valence-electron chi connectivity index (χ0n) is 9.24. The Morgan fingerprint density at radius 1 is 0.917 bits per heavy atom. The van der Waals surface area contributed by atoms with Crippen LogP contribution < -0.4 is 0 Å². The van der Waals surface area contributed by atoms with Crippen molar-refractivity contribution < 1.29 is 0 Å². The van der Waals surface area contributed by atoms with E-state index < -0.39 is 0 Å². The molecule has 12 heavy (non-hydrogen) atoms. The van der Waals surface area contributed by atoms with Crippen LogP contribution in [0.3, 0.4) is 0 Å². The summed E-state index contributed by atoms with van der Waals surface area (Å²) in [5.41, 5.74) is 0. The fourth-order valence-corrected chi connectivity index (χ4v) is 4.80. The molecule has 0 aliphatic carbocycles. The molecule has 0 heterocycles. The van der Waals surface area contributed by atoms with Crippen LogP contribution in [0.25, 0.3) is 0 Å². The van der Waals surface area contributed by atoms with E-state index in [-0.39, 0.29) is 6.62 Å². The normalized spacial score (nSPS) is 14.0. The smallest absolute Gasteiger partial charge is 0.00508 e. The van der Waals surface area contributed by atoms with E-state index in [0.717, 1.165) is 0 Å². The van der Waals surface area contributed by atoms with E-state index in [1.807, 2.05) is 0 Å². The molecule has 0 aliphatic heterocycles.